The predicted molar refractivity (Wildman–Crippen MR) is 95.1 cm³/mol. The van der Waals surface area contributed by atoms with Crippen molar-refractivity contribution in [2.45, 2.75) is 13.2 Å². The molecule has 0 aliphatic carbocycles. The minimum absolute atomic E-state index is 0.0339. The van der Waals surface area contributed by atoms with Crippen LogP contribution in [0.15, 0.2) is 45.6 Å². The molecule has 25 heavy (non-hydrogen) atoms. The van der Waals surface area contributed by atoms with E-state index in [1.165, 1.54) is 22.8 Å². The van der Waals surface area contributed by atoms with Crippen LogP contribution in [0, 0.1) is 10.1 Å². The highest BCUT2D eigenvalue weighted by Crippen LogP contribution is 2.24. The van der Waals surface area contributed by atoms with Crippen LogP contribution in [0.5, 0.6) is 0 Å². The van der Waals surface area contributed by atoms with E-state index in [1.807, 2.05) is 0 Å². The number of nitrogens with zero attached hydrogens (tertiary/aromatic N) is 3. The summed E-state index contributed by atoms with van der Waals surface area (Å²) in [6.45, 7) is 0.555. The van der Waals surface area contributed by atoms with Crippen LogP contribution < -0.4 is 5.76 Å². The highest BCUT2D eigenvalue weighted by molar-refractivity contribution is 6.31. The maximum atomic E-state index is 12.1. The molecule has 1 heterocycles. The van der Waals surface area contributed by atoms with Crippen molar-refractivity contribution in [3.63, 3.8) is 0 Å². The first kappa shape index (κ1) is 17.5. The molecule has 0 fully saturated rings. The van der Waals surface area contributed by atoms with E-state index in [1.54, 1.807) is 30.1 Å². The summed E-state index contributed by atoms with van der Waals surface area (Å²) in [5.74, 6) is -0.505. The molecule has 0 unspecified atom stereocenters. The highest BCUT2D eigenvalue weighted by Gasteiger charge is 2.14. The first-order valence-electron chi connectivity index (χ1n) is 7.25. The third-order valence-electron chi connectivity index (χ3n) is 3.69. The molecule has 0 saturated carbocycles. The number of benzene rings is 2. The number of hydrogen-bond donors (Lipinski definition) is 0. The normalized spacial score (nSPS) is 11.4. The lowest BCUT2D eigenvalue weighted by molar-refractivity contribution is -0.384. The van der Waals surface area contributed by atoms with E-state index in [9.17, 15) is 14.9 Å². The fourth-order valence-corrected chi connectivity index (χ4v) is 2.89. The van der Waals surface area contributed by atoms with E-state index in [4.69, 9.17) is 27.6 Å². The Labute approximate surface area is 152 Å². The van der Waals surface area contributed by atoms with Crippen molar-refractivity contribution in [3.05, 3.63) is 72.7 Å². The first-order chi connectivity index (χ1) is 11.8. The van der Waals surface area contributed by atoms with Gasteiger partial charge in [-0.3, -0.25) is 19.6 Å². The van der Waals surface area contributed by atoms with Gasteiger partial charge in [0.25, 0.3) is 5.69 Å². The van der Waals surface area contributed by atoms with Gasteiger partial charge in [0.2, 0.25) is 0 Å². The van der Waals surface area contributed by atoms with Crippen molar-refractivity contribution in [1.82, 2.24) is 9.47 Å². The van der Waals surface area contributed by atoms with Gasteiger partial charge in [-0.2, -0.15) is 0 Å². The summed E-state index contributed by atoms with van der Waals surface area (Å²) in [7, 11) is 1.77. The fraction of sp³-hybridized carbons (Fsp3) is 0.188. The Morgan fingerprint density at radius 1 is 1.24 bits per heavy atom. The average Bonchev–Trinajstić information content (AvgIpc) is 2.84. The molecule has 2 aromatic carbocycles. The number of nitro benzene ring substituents is 1. The Hall–Kier alpha value is -2.35. The quantitative estimate of drug-likeness (QED) is 0.494. The zero-order valence-electron chi connectivity index (χ0n) is 13.1. The van der Waals surface area contributed by atoms with Crippen LogP contribution in [0.4, 0.5) is 5.69 Å². The van der Waals surface area contributed by atoms with Gasteiger partial charge in [-0.25, -0.2) is 4.79 Å². The molecule has 1 aromatic heterocycles. The van der Waals surface area contributed by atoms with Gasteiger partial charge in [0.1, 0.15) is 0 Å². The van der Waals surface area contributed by atoms with Gasteiger partial charge in [-0.05, 0) is 30.8 Å². The van der Waals surface area contributed by atoms with E-state index in [-0.39, 0.29) is 12.4 Å². The Bertz CT molecular complexity index is 1010. The topological polar surface area (TPSA) is 81.5 Å². The number of aromatic nitrogens is 1. The van der Waals surface area contributed by atoms with Gasteiger partial charge < -0.3 is 4.42 Å². The van der Waals surface area contributed by atoms with Gasteiger partial charge in [0, 0.05) is 34.8 Å². The maximum Gasteiger partial charge on any atom is 0.421 e. The van der Waals surface area contributed by atoms with E-state index < -0.39 is 10.7 Å². The molecule has 0 radical (unpaired) electrons. The van der Waals surface area contributed by atoms with Crippen molar-refractivity contribution in [1.29, 1.82) is 0 Å². The average molecular weight is 382 g/mol. The smallest absolute Gasteiger partial charge is 0.408 e. The summed E-state index contributed by atoms with van der Waals surface area (Å²) < 4.78 is 6.64. The molecule has 0 N–H and O–H groups in total. The number of hydrogen-bond acceptors (Lipinski definition) is 5. The third kappa shape index (κ3) is 3.68. The van der Waals surface area contributed by atoms with Crippen LogP contribution in [-0.4, -0.2) is 21.4 Å². The van der Waals surface area contributed by atoms with Gasteiger partial charge in [-0.1, -0.05) is 23.2 Å². The summed E-state index contributed by atoms with van der Waals surface area (Å²) in [4.78, 5) is 24.3. The second-order valence-electron chi connectivity index (χ2n) is 5.60. The number of nitro groups is 1. The van der Waals surface area contributed by atoms with E-state index in [0.29, 0.717) is 33.3 Å². The molecule has 0 saturated heterocycles. The molecule has 0 spiro atoms. The van der Waals surface area contributed by atoms with Crippen LogP contribution in [0.25, 0.3) is 11.1 Å². The van der Waals surface area contributed by atoms with Gasteiger partial charge in [0.05, 0.1) is 17.1 Å². The number of halogens is 2. The van der Waals surface area contributed by atoms with E-state index >= 15 is 0 Å². The molecule has 0 aliphatic heterocycles. The highest BCUT2D eigenvalue weighted by atomic mass is 35.5. The van der Waals surface area contributed by atoms with Crippen molar-refractivity contribution in [2.75, 3.05) is 7.05 Å². The number of oxazole rings is 1. The molecular formula is C16H13Cl2N3O4. The lowest BCUT2D eigenvalue weighted by Crippen LogP contribution is -2.27. The Morgan fingerprint density at radius 2 is 2.00 bits per heavy atom. The van der Waals surface area contributed by atoms with Gasteiger partial charge in [-0.15, -0.1) is 0 Å². The lowest BCUT2D eigenvalue weighted by atomic mass is 10.2. The molecule has 7 nitrogen and oxygen atoms in total. The Kier molecular flexibility index (Phi) is 4.80. The number of non-ortho nitro benzene ring substituents is 1. The summed E-state index contributed by atoms with van der Waals surface area (Å²) in [5, 5.41) is 11.8. The van der Waals surface area contributed by atoms with Crippen LogP contribution in [-0.2, 0) is 13.2 Å². The van der Waals surface area contributed by atoms with Crippen LogP contribution in [0.3, 0.4) is 0 Å². The van der Waals surface area contributed by atoms with Crippen LogP contribution in [0.2, 0.25) is 10.0 Å². The second kappa shape index (κ2) is 6.87. The van der Waals surface area contributed by atoms with E-state index in [2.05, 4.69) is 0 Å². The molecule has 3 aromatic rings. The molecular weight excluding hydrogens is 369 g/mol. The minimum atomic E-state index is -0.505. The van der Waals surface area contributed by atoms with Crippen molar-refractivity contribution in [2.24, 2.45) is 0 Å². The summed E-state index contributed by atoms with van der Waals surface area (Å²) in [6.07, 6.45) is 0. The first-order valence-corrected chi connectivity index (χ1v) is 8.01. The molecule has 0 atom stereocenters. The minimum Gasteiger partial charge on any atom is -0.408 e. The monoisotopic (exact) mass is 381 g/mol. The van der Waals surface area contributed by atoms with Crippen LogP contribution in [0.1, 0.15) is 5.56 Å². The third-order valence-corrected chi connectivity index (χ3v) is 4.30. The number of rotatable bonds is 5. The molecule has 0 amide bonds. The SMILES string of the molecule is CN(Cc1cc([N+](=O)[O-])ccc1Cl)Cn1c(=O)oc2cc(Cl)ccc21. The standard InChI is InChI=1S/C16H13Cl2N3O4/c1-19(8-10-6-12(21(23)24)3-4-13(10)18)9-20-14-5-2-11(17)7-15(14)25-16(20)22/h2-7H,8-9H2,1H3. The Balaban J connectivity index is 1.85. The zero-order chi connectivity index (χ0) is 18.1. The van der Waals surface area contributed by atoms with Crippen molar-refractivity contribution in [3.8, 4) is 0 Å². The molecule has 0 aliphatic rings. The lowest BCUT2D eigenvalue weighted by Gasteiger charge is -2.17. The van der Waals surface area contributed by atoms with Gasteiger partial charge >= 0.3 is 5.76 Å². The fourth-order valence-electron chi connectivity index (χ4n) is 2.55. The summed E-state index contributed by atoms with van der Waals surface area (Å²) in [6, 6.07) is 9.22. The van der Waals surface area contributed by atoms with Crippen molar-refractivity contribution >= 4 is 40.0 Å². The van der Waals surface area contributed by atoms with Crippen molar-refractivity contribution < 1.29 is 9.34 Å². The van der Waals surface area contributed by atoms with Crippen LogP contribution >= 0.6 is 23.2 Å². The maximum absolute atomic E-state index is 12.1. The molecule has 130 valence electrons. The summed E-state index contributed by atoms with van der Waals surface area (Å²) in [5.41, 5.74) is 1.58. The predicted octanol–water partition coefficient (Wildman–Crippen LogP) is 3.90. The summed E-state index contributed by atoms with van der Waals surface area (Å²) >= 11 is 12.0. The second-order valence-corrected chi connectivity index (χ2v) is 6.44. The zero-order valence-corrected chi connectivity index (χ0v) is 14.6. The number of fused-ring (bicyclic) bond motifs is 1. The van der Waals surface area contributed by atoms with Gasteiger partial charge in [0.15, 0.2) is 5.58 Å². The molecule has 3 rings (SSSR count). The molecule has 9 heteroatoms. The Morgan fingerprint density at radius 3 is 2.72 bits per heavy atom. The van der Waals surface area contributed by atoms with E-state index in [0.717, 1.165) is 0 Å². The molecule has 0 bridgehead atoms. The largest absolute Gasteiger partial charge is 0.421 e.